The van der Waals surface area contributed by atoms with Crippen LogP contribution < -0.4 is 10.6 Å². The van der Waals surface area contributed by atoms with Crippen LogP contribution in [0.5, 0.6) is 0 Å². The van der Waals surface area contributed by atoms with Gasteiger partial charge in [-0.15, -0.1) is 24.0 Å². The quantitative estimate of drug-likeness (QED) is 0.435. The Morgan fingerprint density at radius 3 is 2.67 bits per heavy atom. The van der Waals surface area contributed by atoms with E-state index in [0.29, 0.717) is 0 Å². The van der Waals surface area contributed by atoms with Gasteiger partial charge >= 0.3 is 0 Å². The van der Waals surface area contributed by atoms with Gasteiger partial charge in [0.05, 0.1) is 0 Å². The molecule has 3 nitrogen and oxygen atoms in total. The van der Waals surface area contributed by atoms with E-state index in [1.54, 1.807) is 0 Å². The normalized spacial score (nSPS) is 19.6. The van der Waals surface area contributed by atoms with Crippen molar-refractivity contribution in [2.24, 2.45) is 10.9 Å². The lowest BCUT2D eigenvalue weighted by Gasteiger charge is -2.19. The molecule has 2 N–H and O–H groups in total. The molecule has 2 aliphatic carbocycles. The zero-order chi connectivity index (χ0) is 14.0. The molecule has 0 radical (unpaired) electrons. The summed E-state index contributed by atoms with van der Waals surface area (Å²) >= 11 is 6.10. The zero-order valence-electron chi connectivity index (χ0n) is 12.4. The van der Waals surface area contributed by atoms with Crippen molar-refractivity contribution in [3.05, 3.63) is 34.9 Å². The maximum Gasteiger partial charge on any atom is 0.191 e. The highest BCUT2D eigenvalue weighted by atomic mass is 127. The first-order valence-corrected chi connectivity index (χ1v) is 7.80. The number of nitrogens with one attached hydrogen (secondary N) is 2. The molecule has 0 unspecified atom stereocenters. The second kappa shape index (κ2) is 7.18. The van der Waals surface area contributed by atoms with E-state index in [4.69, 9.17) is 11.6 Å². The maximum absolute atomic E-state index is 6.10. The molecule has 21 heavy (non-hydrogen) atoms. The number of hydrogen-bond acceptors (Lipinski definition) is 1. The van der Waals surface area contributed by atoms with Crippen LogP contribution in [-0.4, -0.2) is 26.1 Å². The second-order valence-corrected chi connectivity index (χ2v) is 6.48. The molecular formula is C16H23ClIN3. The number of hydrogen-bond donors (Lipinski definition) is 2. The van der Waals surface area contributed by atoms with Crippen molar-refractivity contribution in [2.75, 3.05) is 20.1 Å². The van der Waals surface area contributed by atoms with Crippen LogP contribution in [0.25, 0.3) is 0 Å². The molecule has 0 atom stereocenters. The SMILES string of the molecule is CN=C(NCC1CC1)NCC1(c2cccc(Cl)c2)CC1.I. The minimum atomic E-state index is 0. The molecule has 0 bridgehead atoms. The van der Waals surface area contributed by atoms with Gasteiger partial charge in [0.1, 0.15) is 0 Å². The lowest BCUT2D eigenvalue weighted by molar-refractivity contribution is 0.640. The molecule has 0 amide bonds. The average Bonchev–Trinajstić information content (AvgIpc) is 3.35. The molecule has 2 aliphatic rings. The van der Waals surface area contributed by atoms with Gasteiger partial charge in [-0.25, -0.2) is 0 Å². The van der Waals surface area contributed by atoms with Crippen molar-refractivity contribution >= 4 is 41.5 Å². The van der Waals surface area contributed by atoms with Crippen LogP contribution in [0.2, 0.25) is 5.02 Å². The van der Waals surface area contributed by atoms with Crippen molar-refractivity contribution < 1.29 is 0 Å². The van der Waals surface area contributed by atoms with E-state index < -0.39 is 0 Å². The van der Waals surface area contributed by atoms with Crippen LogP contribution in [0, 0.1) is 5.92 Å². The van der Waals surface area contributed by atoms with Crippen LogP contribution >= 0.6 is 35.6 Å². The lowest BCUT2D eigenvalue weighted by Crippen LogP contribution is -2.41. The average molecular weight is 420 g/mol. The fourth-order valence-corrected chi connectivity index (χ4v) is 2.76. The summed E-state index contributed by atoms with van der Waals surface area (Å²) in [7, 11) is 1.83. The third-order valence-corrected chi connectivity index (χ3v) is 4.60. The van der Waals surface area contributed by atoms with Crippen molar-refractivity contribution in [2.45, 2.75) is 31.1 Å². The fraction of sp³-hybridized carbons (Fsp3) is 0.562. The van der Waals surface area contributed by atoms with E-state index in [9.17, 15) is 0 Å². The van der Waals surface area contributed by atoms with Crippen LogP contribution in [-0.2, 0) is 5.41 Å². The lowest BCUT2D eigenvalue weighted by atomic mass is 9.96. The Morgan fingerprint density at radius 1 is 1.33 bits per heavy atom. The van der Waals surface area contributed by atoms with Gasteiger partial charge in [0.25, 0.3) is 0 Å². The van der Waals surface area contributed by atoms with Gasteiger partial charge in [-0.2, -0.15) is 0 Å². The molecule has 1 aromatic carbocycles. The van der Waals surface area contributed by atoms with Crippen molar-refractivity contribution in [1.29, 1.82) is 0 Å². The highest BCUT2D eigenvalue weighted by molar-refractivity contribution is 14.0. The van der Waals surface area contributed by atoms with E-state index in [2.05, 4.69) is 27.8 Å². The minimum Gasteiger partial charge on any atom is -0.356 e. The Balaban J connectivity index is 0.00000161. The van der Waals surface area contributed by atoms with Crippen LogP contribution in [0.1, 0.15) is 31.2 Å². The summed E-state index contributed by atoms with van der Waals surface area (Å²) in [6.07, 6.45) is 5.16. The molecule has 0 saturated heterocycles. The van der Waals surface area contributed by atoms with E-state index in [0.717, 1.165) is 30.0 Å². The van der Waals surface area contributed by atoms with Gasteiger partial charge < -0.3 is 10.6 Å². The molecule has 116 valence electrons. The molecule has 1 aromatic rings. The first kappa shape index (κ1) is 16.9. The Bertz CT molecular complexity index is 510. The Labute approximate surface area is 149 Å². The number of guanidine groups is 1. The van der Waals surface area contributed by atoms with Gasteiger partial charge in [-0.05, 0) is 49.3 Å². The molecular weight excluding hydrogens is 397 g/mol. The number of benzene rings is 1. The van der Waals surface area contributed by atoms with Crippen LogP contribution in [0.4, 0.5) is 0 Å². The second-order valence-electron chi connectivity index (χ2n) is 6.04. The van der Waals surface area contributed by atoms with Gasteiger partial charge in [0, 0.05) is 30.6 Å². The van der Waals surface area contributed by atoms with Gasteiger partial charge in [-0.1, -0.05) is 23.7 Å². The monoisotopic (exact) mass is 419 g/mol. The summed E-state index contributed by atoms with van der Waals surface area (Å²) in [5, 5.41) is 7.70. The summed E-state index contributed by atoms with van der Waals surface area (Å²) in [4.78, 5) is 4.30. The minimum absolute atomic E-state index is 0. The zero-order valence-corrected chi connectivity index (χ0v) is 15.4. The van der Waals surface area contributed by atoms with Gasteiger partial charge in [-0.3, -0.25) is 4.99 Å². The molecule has 0 aliphatic heterocycles. The van der Waals surface area contributed by atoms with E-state index in [1.165, 1.54) is 31.2 Å². The predicted octanol–water partition coefficient (Wildman–Crippen LogP) is 3.56. The summed E-state index contributed by atoms with van der Waals surface area (Å²) < 4.78 is 0. The topological polar surface area (TPSA) is 36.4 Å². The number of halogens is 2. The molecule has 0 spiro atoms. The summed E-state index contributed by atoms with van der Waals surface area (Å²) in [5.74, 6) is 1.78. The smallest absolute Gasteiger partial charge is 0.191 e. The maximum atomic E-state index is 6.10. The van der Waals surface area contributed by atoms with E-state index >= 15 is 0 Å². The molecule has 3 rings (SSSR count). The number of aliphatic imine (C=N–C) groups is 1. The Hall–Kier alpha value is -0.490. The molecule has 5 heteroatoms. The van der Waals surface area contributed by atoms with Crippen molar-refractivity contribution in [3.8, 4) is 0 Å². The Kier molecular flexibility index (Phi) is 5.77. The fourth-order valence-electron chi connectivity index (χ4n) is 2.57. The number of rotatable bonds is 5. The van der Waals surface area contributed by atoms with Crippen LogP contribution in [0.15, 0.2) is 29.3 Å². The van der Waals surface area contributed by atoms with Crippen molar-refractivity contribution in [3.63, 3.8) is 0 Å². The Morgan fingerprint density at radius 2 is 2.10 bits per heavy atom. The van der Waals surface area contributed by atoms with Crippen LogP contribution in [0.3, 0.4) is 0 Å². The molecule has 0 heterocycles. The summed E-state index contributed by atoms with van der Waals surface area (Å²) in [6, 6.07) is 8.25. The molecule has 2 saturated carbocycles. The summed E-state index contributed by atoms with van der Waals surface area (Å²) in [6.45, 7) is 1.97. The standard InChI is InChI=1S/C16H22ClN3.HI/c1-18-15(19-10-12-5-6-12)20-11-16(7-8-16)13-3-2-4-14(17)9-13;/h2-4,9,12H,5-8,10-11H2,1H3,(H2,18,19,20);1H. The number of nitrogens with zero attached hydrogens (tertiary/aromatic N) is 1. The molecule has 0 aromatic heterocycles. The summed E-state index contributed by atoms with van der Waals surface area (Å²) in [5.41, 5.74) is 1.59. The van der Waals surface area contributed by atoms with E-state index in [-0.39, 0.29) is 29.4 Å². The first-order valence-electron chi connectivity index (χ1n) is 7.42. The molecule has 2 fully saturated rings. The van der Waals surface area contributed by atoms with E-state index in [1.807, 2.05) is 19.2 Å². The first-order chi connectivity index (χ1) is 9.72. The third kappa shape index (κ3) is 4.49. The van der Waals surface area contributed by atoms with Gasteiger partial charge in [0.15, 0.2) is 5.96 Å². The highest BCUT2D eigenvalue weighted by Crippen LogP contribution is 2.48. The van der Waals surface area contributed by atoms with Gasteiger partial charge in [0.2, 0.25) is 0 Å². The van der Waals surface area contributed by atoms with Crippen molar-refractivity contribution in [1.82, 2.24) is 10.6 Å². The highest BCUT2D eigenvalue weighted by Gasteiger charge is 2.44. The third-order valence-electron chi connectivity index (χ3n) is 4.36. The largest absolute Gasteiger partial charge is 0.356 e. The predicted molar refractivity (Wildman–Crippen MR) is 99.9 cm³/mol.